The highest BCUT2D eigenvalue weighted by Gasteiger charge is 2.15. The summed E-state index contributed by atoms with van der Waals surface area (Å²) in [4.78, 5) is 17.2. The standard InChI is InChI=1S/C23H26N6O/c1-15-19-12-17(13-24-21(19)28(5)27-15)22(30)26-20-10-11-25-29(20)14-16-6-8-18(9-7-16)23(2,3)4/h6-13H,14H2,1-5H3,(H,26,30). The van der Waals surface area contributed by atoms with E-state index in [1.165, 1.54) is 5.56 Å². The quantitative estimate of drug-likeness (QED) is 0.558. The first-order valence-electron chi connectivity index (χ1n) is 9.94. The second kappa shape index (κ2) is 7.40. The maximum Gasteiger partial charge on any atom is 0.258 e. The summed E-state index contributed by atoms with van der Waals surface area (Å²) in [6.45, 7) is 9.07. The minimum Gasteiger partial charge on any atom is -0.307 e. The molecule has 0 aliphatic carbocycles. The topological polar surface area (TPSA) is 77.6 Å². The molecule has 4 aromatic rings. The van der Waals surface area contributed by atoms with Gasteiger partial charge in [0.25, 0.3) is 5.91 Å². The average molecular weight is 403 g/mol. The Morgan fingerprint density at radius 3 is 2.57 bits per heavy atom. The van der Waals surface area contributed by atoms with Gasteiger partial charge in [0.15, 0.2) is 5.65 Å². The van der Waals surface area contributed by atoms with Gasteiger partial charge in [-0.15, -0.1) is 0 Å². The molecule has 0 atom stereocenters. The van der Waals surface area contributed by atoms with Crippen molar-refractivity contribution in [3.05, 3.63) is 71.2 Å². The minimum atomic E-state index is -0.225. The number of benzene rings is 1. The van der Waals surface area contributed by atoms with Gasteiger partial charge in [0, 0.05) is 24.7 Å². The molecule has 3 aromatic heterocycles. The number of rotatable bonds is 4. The first kappa shape index (κ1) is 19.8. The zero-order valence-corrected chi connectivity index (χ0v) is 18.0. The lowest BCUT2D eigenvalue weighted by molar-refractivity contribution is 0.102. The zero-order valence-electron chi connectivity index (χ0n) is 18.0. The molecule has 0 saturated carbocycles. The molecular formula is C23H26N6O. The van der Waals surface area contributed by atoms with E-state index in [0.717, 1.165) is 22.3 Å². The largest absolute Gasteiger partial charge is 0.307 e. The van der Waals surface area contributed by atoms with E-state index in [0.29, 0.717) is 17.9 Å². The lowest BCUT2D eigenvalue weighted by Crippen LogP contribution is -2.16. The van der Waals surface area contributed by atoms with E-state index in [1.807, 2.05) is 20.0 Å². The summed E-state index contributed by atoms with van der Waals surface area (Å²) in [7, 11) is 1.84. The second-order valence-electron chi connectivity index (χ2n) is 8.58. The number of hydrogen-bond donors (Lipinski definition) is 1. The van der Waals surface area contributed by atoms with Gasteiger partial charge in [0.05, 0.1) is 24.0 Å². The molecule has 1 N–H and O–H groups in total. The Labute approximate surface area is 175 Å². The first-order chi connectivity index (χ1) is 14.2. The molecule has 154 valence electrons. The molecule has 0 aliphatic heterocycles. The number of hydrogen-bond acceptors (Lipinski definition) is 4. The third-order valence-corrected chi connectivity index (χ3v) is 5.24. The molecule has 0 radical (unpaired) electrons. The Morgan fingerprint density at radius 2 is 1.87 bits per heavy atom. The lowest BCUT2D eigenvalue weighted by atomic mass is 9.87. The molecular weight excluding hydrogens is 376 g/mol. The smallest absolute Gasteiger partial charge is 0.258 e. The van der Waals surface area contributed by atoms with Gasteiger partial charge >= 0.3 is 0 Å². The van der Waals surface area contributed by atoms with E-state index in [2.05, 4.69) is 65.5 Å². The van der Waals surface area contributed by atoms with Crippen molar-refractivity contribution in [3.8, 4) is 0 Å². The van der Waals surface area contributed by atoms with Crippen LogP contribution >= 0.6 is 0 Å². The van der Waals surface area contributed by atoms with Crippen LogP contribution in [0.2, 0.25) is 0 Å². The van der Waals surface area contributed by atoms with Crippen molar-refractivity contribution >= 4 is 22.8 Å². The molecule has 4 rings (SSSR count). The van der Waals surface area contributed by atoms with E-state index < -0.39 is 0 Å². The summed E-state index contributed by atoms with van der Waals surface area (Å²) in [6.07, 6.45) is 3.26. The number of amides is 1. The summed E-state index contributed by atoms with van der Waals surface area (Å²) in [5.41, 5.74) is 4.61. The van der Waals surface area contributed by atoms with Crippen molar-refractivity contribution in [2.24, 2.45) is 7.05 Å². The SMILES string of the molecule is Cc1nn(C)c2ncc(C(=O)Nc3ccnn3Cc3ccc(C(C)(C)C)cc3)cc12. The van der Waals surface area contributed by atoms with Crippen molar-refractivity contribution in [1.82, 2.24) is 24.5 Å². The highest BCUT2D eigenvalue weighted by Crippen LogP contribution is 2.23. The molecule has 0 unspecified atom stereocenters. The fraction of sp³-hybridized carbons (Fsp3) is 0.304. The Bertz CT molecular complexity index is 1210. The molecule has 0 fully saturated rings. The van der Waals surface area contributed by atoms with Crippen molar-refractivity contribution in [2.75, 3.05) is 5.32 Å². The van der Waals surface area contributed by atoms with E-state index in [4.69, 9.17) is 0 Å². The van der Waals surface area contributed by atoms with Gasteiger partial charge in [-0.2, -0.15) is 10.2 Å². The zero-order chi connectivity index (χ0) is 21.5. The van der Waals surface area contributed by atoms with E-state index in [-0.39, 0.29) is 11.3 Å². The summed E-state index contributed by atoms with van der Waals surface area (Å²) < 4.78 is 3.50. The van der Waals surface area contributed by atoms with Crippen molar-refractivity contribution in [2.45, 2.75) is 39.7 Å². The highest BCUT2D eigenvalue weighted by atomic mass is 16.1. The number of nitrogens with one attached hydrogen (secondary N) is 1. The van der Waals surface area contributed by atoms with Crippen LogP contribution in [-0.4, -0.2) is 30.5 Å². The number of anilines is 1. The van der Waals surface area contributed by atoms with Gasteiger partial charge in [-0.1, -0.05) is 45.0 Å². The number of carbonyl (C=O) groups is 1. The maximum absolute atomic E-state index is 12.8. The number of carbonyl (C=O) groups excluding carboxylic acids is 1. The maximum atomic E-state index is 12.8. The van der Waals surface area contributed by atoms with Crippen molar-refractivity contribution < 1.29 is 4.79 Å². The fourth-order valence-electron chi connectivity index (χ4n) is 3.47. The monoisotopic (exact) mass is 402 g/mol. The molecule has 0 aliphatic rings. The predicted octanol–water partition coefficient (Wildman–Crippen LogP) is 4.07. The van der Waals surface area contributed by atoms with E-state index in [9.17, 15) is 4.79 Å². The predicted molar refractivity (Wildman–Crippen MR) is 118 cm³/mol. The molecule has 7 heteroatoms. The molecule has 0 spiro atoms. The van der Waals surface area contributed by atoms with Gasteiger partial charge in [0.1, 0.15) is 5.82 Å². The average Bonchev–Trinajstić information content (AvgIpc) is 3.25. The van der Waals surface area contributed by atoms with E-state index in [1.54, 1.807) is 27.8 Å². The van der Waals surface area contributed by atoms with Gasteiger partial charge < -0.3 is 5.32 Å². The summed E-state index contributed by atoms with van der Waals surface area (Å²) in [5.74, 6) is 0.417. The summed E-state index contributed by atoms with van der Waals surface area (Å²) >= 11 is 0. The number of nitrogens with zero attached hydrogens (tertiary/aromatic N) is 5. The second-order valence-corrected chi connectivity index (χ2v) is 8.58. The van der Waals surface area contributed by atoms with Crippen LogP contribution in [0.4, 0.5) is 5.82 Å². The Morgan fingerprint density at radius 1 is 1.13 bits per heavy atom. The summed E-state index contributed by atoms with van der Waals surface area (Å²) in [5, 5.41) is 12.5. The Balaban J connectivity index is 1.52. The van der Waals surface area contributed by atoms with Crippen LogP contribution in [-0.2, 0) is 19.0 Å². The molecule has 1 aromatic carbocycles. The third kappa shape index (κ3) is 3.83. The van der Waals surface area contributed by atoms with Crippen LogP contribution in [0, 0.1) is 6.92 Å². The van der Waals surface area contributed by atoms with Crippen molar-refractivity contribution in [1.29, 1.82) is 0 Å². The van der Waals surface area contributed by atoms with Crippen molar-refractivity contribution in [3.63, 3.8) is 0 Å². The van der Waals surface area contributed by atoms with Crippen LogP contribution in [0.1, 0.15) is 48.0 Å². The first-order valence-corrected chi connectivity index (χ1v) is 9.94. The van der Waals surface area contributed by atoms with E-state index >= 15 is 0 Å². The van der Waals surface area contributed by atoms with Crippen LogP contribution in [0.25, 0.3) is 11.0 Å². The molecule has 0 saturated heterocycles. The number of aryl methyl sites for hydroxylation is 2. The third-order valence-electron chi connectivity index (χ3n) is 5.24. The van der Waals surface area contributed by atoms with Crippen LogP contribution in [0.15, 0.2) is 48.8 Å². The van der Waals surface area contributed by atoms with Gasteiger partial charge in [-0.25, -0.2) is 9.67 Å². The number of pyridine rings is 1. The highest BCUT2D eigenvalue weighted by molar-refractivity contribution is 6.05. The molecule has 0 bridgehead atoms. The van der Waals surface area contributed by atoms with Gasteiger partial charge in [-0.3, -0.25) is 9.48 Å². The van der Waals surface area contributed by atoms with Crippen LogP contribution < -0.4 is 5.32 Å². The molecule has 1 amide bonds. The molecule has 30 heavy (non-hydrogen) atoms. The lowest BCUT2D eigenvalue weighted by Gasteiger charge is -2.19. The van der Waals surface area contributed by atoms with Gasteiger partial charge in [-0.05, 0) is 29.5 Å². The number of fused-ring (bicyclic) bond motifs is 1. The van der Waals surface area contributed by atoms with Crippen LogP contribution in [0.3, 0.4) is 0 Å². The number of aromatic nitrogens is 5. The fourth-order valence-corrected chi connectivity index (χ4v) is 3.47. The normalized spacial score (nSPS) is 11.8. The Hall–Kier alpha value is -3.48. The molecule has 3 heterocycles. The molecule has 7 nitrogen and oxygen atoms in total. The Kier molecular flexibility index (Phi) is 4.89. The van der Waals surface area contributed by atoms with Gasteiger partial charge in [0.2, 0.25) is 0 Å². The van der Waals surface area contributed by atoms with Crippen LogP contribution in [0.5, 0.6) is 0 Å². The summed E-state index contributed by atoms with van der Waals surface area (Å²) in [6, 6.07) is 12.1. The minimum absolute atomic E-state index is 0.116.